The number of halogens is 2. The van der Waals surface area contributed by atoms with E-state index in [0.29, 0.717) is 18.0 Å². The predicted molar refractivity (Wildman–Crippen MR) is 109 cm³/mol. The highest BCUT2D eigenvalue weighted by atomic mass is 35.5. The van der Waals surface area contributed by atoms with Crippen LogP contribution in [0.1, 0.15) is 29.4 Å². The first kappa shape index (κ1) is 20.0. The van der Waals surface area contributed by atoms with Crippen molar-refractivity contribution in [1.82, 2.24) is 10.3 Å². The van der Waals surface area contributed by atoms with Crippen LogP contribution in [0.2, 0.25) is 10.0 Å². The maximum Gasteiger partial charge on any atom is 0.272 e. The van der Waals surface area contributed by atoms with Crippen molar-refractivity contribution in [3.8, 4) is 11.5 Å². The number of H-pyrrole nitrogens is 1. The van der Waals surface area contributed by atoms with Crippen molar-refractivity contribution in [1.29, 1.82) is 0 Å². The Morgan fingerprint density at radius 3 is 2.54 bits per heavy atom. The van der Waals surface area contributed by atoms with Gasteiger partial charge in [-0.25, -0.2) is 0 Å². The number of non-ortho nitro benzene ring substituents is 1. The van der Waals surface area contributed by atoms with Gasteiger partial charge in [0, 0.05) is 29.6 Å². The number of aryl methyl sites for hydroxylation is 1. The molecular weight excluding hydrogens is 405 g/mol. The van der Waals surface area contributed by atoms with E-state index in [-0.39, 0.29) is 27.4 Å². The smallest absolute Gasteiger partial charge is 0.272 e. The number of aromatic nitrogens is 1. The molecule has 28 heavy (non-hydrogen) atoms. The standard InChI is InChI=1S/C19H17Cl2N3O4/c1-3-6-22-19(25)17-10(2)13-9-12(4-5-16(13)23-17)28-18-14(20)7-11(24(26)27)8-15(18)21/h4-5,7-9,23H,3,6H2,1-2H3,(H,22,25). The van der Waals surface area contributed by atoms with E-state index < -0.39 is 4.92 Å². The predicted octanol–water partition coefficient (Wildman–Crippen LogP) is 5.62. The lowest BCUT2D eigenvalue weighted by Crippen LogP contribution is -2.24. The lowest BCUT2D eigenvalue weighted by atomic mass is 10.1. The monoisotopic (exact) mass is 421 g/mol. The van der Waals surface area contributed by atoms with Crippen LogP contribution in [0.5, 0.6) is 11.5 Å². The molecular formula is C19H17Cl2N3O4. The Labute approximate surface area is 170 Å². The third kappa shape index (κ3) is 3.90. The number of carbonyl (C=O) groups is 1. The fraction of sp³-hybridized carbons (Fsp3) is 0.211. The van der Waals surface area contributed by atoms with Gasteiger partial charge in [0.05, 0.1) is 15.0 Å². The molecule has 0 aliphatic rings. The van der Waals surface area contributed by atoms with Gasteiger partial charge in [0.15, 0.2) is 5.75 Å². The molecule has 0 fully saturated rings. The Morgan fingerprint density at radius 2 is 1.93 bits per heavy atom. The minimum atomic E-state index is -0.581. The van der Waals surface area contributed by atoms with Gasteiger partial charge in [-0.2, -0.15) is 0 Å². The van der Waals surface area contributed by atoms with Gasteiger partial charge in [-0.1, -0.05) is 30.1 Å². The second-order valence-corrected chi connectivity index (χ2v) is 7.00. The highest BCUT2D eigenvalue weighted by Crippen LogP contribution is 2.40. The molecule has 0 bridgehead atoms. The van der Waals surface area contributed by atoms with Crippen LogP contribution >= 0.6 is 23.2 Å². The van der Waals surface area contributed by atoms with E-state index in [9.17, 15) is 14.9 Å². The highest BCUT2D eigenvalue weighted by molar-refractivity contribution is 6.37. The Bertz CT molecular complexity index is 1060. The first-order chi connectivity index (χ1) is 13.3. The third-order valence-electron chi connectivity index (χ3n) is 4.21. The van der Waals surface area contributed by atoms with Crippen LogP contribution < -0.4 is 10.1 Å². The molecule has 0 saturated heterocycles. The summed E-state index contributed by atoms with van der Waals surface area (Å²) in [7, 11) is 0. The molecule has 3 aromatic rings. The molecule has 1 amide bonds. The fourth-order valence-electron chi connectivity index (χ4n) is 2.79. The molecule has 9 heteroatoms. The molecule has 0 aliphatic heterocycles. The van der Waals surface area contributed by atoms with E-state index in [1.54, 1.807) is 18.2 Å². The lowest BCUT2D eigenvalue weighted by molar-refractivity contribution is -0.384. The van der Waals surface area contributed by atoms with Gasteiger partial charge in [0.1, 0.15) is 11.4 Å². The number of nitrogens with zero attached hydrogens (tertiary/aromatic N) is 1. The number of benzene rings is 2. The third-order valence-corrected chi connectivity index (χ3v) is 4.77. The van der Waals surface area contributed by atoms with Crippen LogP contribution in [-0.4, -0.2) is 22.4 Å². The molecule has 0 spiro atoms. The van der Waals surface area contributed by atoms with Gasteiger partial charge in [0.2, 0.25) is 0 Å². The molecule has 0 atom stereocenters. The van der Waals surface area contributed by atoms with Gasteiger partial charge in [-0.05, 0) is 37.1 Å². The zero-order valence-corrected chi connectivity index (χ0v) is 16.6. The number of fused-ring (bicyclic) bond motifs is 1. The van der Waals surface area contributed by atoms with Crippen molar-refractivity contribution in [2.75, 3.05) is 6.54 Å². The average molecular weight is 422 g/mol. The number of ether oxygens (including phenoxy) is 1. The molecule has 1 aromatic heterocycles. The van der Waals surface area contributed by atoms with Crippen LogP contribution in [0, 0.1) is 17.0 Å². The first-order valence-corrected chi connectivity index (χ1v) is 9.29. The van der Waals surface area contributed by atoms with Crippen LogP contribution in [0.15, 0.2) is 30.3 Å². The average Bonchev–Trinajstić information content (AvgIpc) is 2.99. The van der Waals surface area contributed by atoms with E-state index in [1.165, 1.54) is 12.1 Å². The minimum absolute atomic E-state index is 0.0321. The molecule has 0 saturated carbocycles. The first-order valence-electron chi connectivity index (χ1n) is 8.53. The quantitative estimate of drug-likeness (QED) is 0.398. The Balaban J connectivity index is 1.94. The van der Waals surface area contributed by atoms with Gasteiger partial charge in [-0.3, -0.25) is 14.9 Å². The molecule has 2 aromatic carbocycles. The summed E-state index contributed by atoms with van der Waals surface area (Å²) in [4.78, 5) is 25.7. The number of hydrogen-bond acceptors (Lipinski definition) is 4. The molecule has 7 nitrogen and oxygen atoms in total. The van der Waals surface area contributed by atoms with Crippen molar-refractivity contribution >= 4 is 45.7 Å². The second-order valence-electron chi connectivity index (χ2n) is 6.19. The summed E-state index contributed by atoms with van der Waals surface area (Å²) in [5, 5.41) is 14.6. The SMILES string of the molecule is CCCNC(=O)c1[nH]c2ccc(Oc3c(Cl)cc([N+](=O)[O-])cc3Cl)cc2c1C. The second kappa shape index (κ2) is 8.08. The van der Waals surface area contributed by atoms with Gasteiger partial charge in [0.25, 0.3) is 11.6 Å². The molecule has 1 heterocycles. The van der Waals surface area contributed by atoms with Crippen molar-refractivity contribution in [2.45, 2.75) is 20.3 Å². The minimum Gasteiger partial charge on any atom is -0.454 e. The maximum absolute atomic E-state index is 12.3. The summed E-state index contributed by atoms with van der Waals surface area (Å²) in [5.41, 5.74) is 1.84. The molecule has 0 radical (unpaired) electrons. The zero-order chi connectivity index (χ0) is 20.4. The van der Waals surface area contributed by atoms with Crippen molar-refractivity contribution in [3.63, 3.8) is 0 Å². The Hall–Kier alpha value is -2.77. The highest BCUT2D eigenvalue weighted by Gasteiger charge is 2.18. The summed E-state index contributed by atoms with van der Waals surface area (Å²) in [6.07, 6.45) is 0.847. The summed E-state index contributed by atoms with van der Waals surface area (Å²) in [6.45, 7) is 4.42. The lowest BCUT2D eigenvalue weighted by Gasteiger charge is -2.09. The van der Waals surface area contributed by atoms with Gasteiger partial charge < -0.3 is 15.0 Å². The molecule has 146 valence electrons. The van der Waals surface area contributed by atoms with E-state index >= 15 is 0 Å². The van der Waals surface area contributed by atoms with E-state index in [0.717, 1.165) is 22.9 Å². The number of nitro benzene ring substituents is 1. The van der Waals surface area contributed by atoms with Crippen LogP contribution in [0.4, 0.5) is 5.69 Å². The summed E-state index contributed by atoms with van der Waals surface area (Å²) in [6, 6.07) is 7.59. The van der Waals surface area contributed by atoms with Crippen molar-refractivity contribution < 1.29 is 14.5 Å². The number of aromatic amines is 1. The molecule has 0 unspecified atom stereocenters. The topological polar surface area (TPSA) is 97.3 Å². The number of rotatable bonds is 6. The zero-order valence-electron chi connectivity index (χ0n) is 15.1. The Kier molecular flexibility index (Phi) is 5.76. The summed E-state index contributed by atoms with van der Waals surface area (Å²) < 4.78 is 5.77. The van der Waals surface area contributed by atoms with Crippen molar-refractivity contribution in [3.05, 3.63) is 61.7 Å². The number of nitro groups is 1. The molecule has 2 N–H and O–H groups in total. The summed E-state index contributed by atoms with van der Waals surface area (Å²) >= 11 is 12.2. The van der Waals surface area contributed by atoms with E-state index in [1.807, 2.05) is 13.8 Å². The number of hydrogen-bond donors (Lipinski definition) is 2. The molecule has 3 rings (SSSR count). The number of carbonyl (C=O) groups excluding carboxylic acids is 1. The van der Waals surface area contributed by atoms with Gasteiger partial charge in [-0.15, -0.1) is 0 Å². The number of nitrogens with one attached hydrogen (secondary N) is 2. The van der Waals surface area contributed by atoms with E-state index in [2.05, 4.69) is 10.3 Å². The maximum atomic E-state index is 12.3. The van der Waals surface area contributed by atoms with Crippen molar-refractivity contribution in [2.24, 2.45) is 0 Å². The van der Waals surface area contributed by atoms with Gasteiger partial charge >= 0.3 is 0 Å². The Morgan fingerprint density at radius 1 is 1.25 bits per heavy atom. The number of amides is 1. The normalized spacial score (nSPS) is 10.9. The van der Waals surface area contributed by atoms with Crippen LogP contribution in [-0.2, 0) is 0 Å². The van der Waals surface area contributed by atoms with E-state index in [4.69, 9.17) is 27.9 Å². The summed E-state index contributed by atoms with van der Waals surface area (Å²) in [5.74, 6) is 0.398. The van der Waals surface area contributed by atoms with Crippen LogP contribution in [0.25, 0.3) is 10.9 Å². The molecule has 0 aliphatic carbocycles. The fourth-order valence-corrected chi connectivity index (χ4v) is 3.34. The van der Waals surface area contributed by atoms with Crippen LogP contribution in [0.3, 0.4) is 0 Å². The largest absolute Gasteiger partial charge is 0.454 e.